The molecular formula is C14H28F2N2O2. The maximum Gasteiger partial charge on any atom is 0.370 e. The zero-order valence-corrected chi connectivity index (χ0v) is 13.4. The summed E-state index contributed by atoms with van der Waals surface area (Å²) in [7, 11) is 3.11. The van der Waals surface area contributed by atoms with Crippen LogP contribution in [0.5, 0.6) is 0 Å². The Bertz CT molecular complexity index is 312. The molecule has 1 heterocycles. The molecule has 20 heavy (non-hydrogen) atoms. The van der Waals surface area contributed by atoms with Crippen molar-refractivity contribution in [2.45, 2.75) is 45.5 Å². The number of hydrogen-bond donors (Lipinski definition) is 0. The van der Waals surface area contributed by atoms with Gasteiger partial charge in [-0.15, -0.1) is 0 Å². The van der Waals surface area contributed by atoms with Gasteiger partial charge in [0.15, 0.2) is 0 Å². The van der Waals surface area contributed by atoms with Gasteiger partial charge in [0.2, 0.25) is 0 Å². The van der Waals surface area contributed by atoms with Crippen LogP contribution in [0.4, 0.5) is 8.78 Å². The highest BCUT2D eigenvalue weighted by Crippen LogP contribution is 2.39. The fourth-order valence-electron chi connectivity index (χ4n) is 3.27. The van der Waals surface area contributed by atoms with E-state index in [0.29, 0.717) is 19.7 Å². The van der Waals surface area contributed by atoms with Crippen LogP contribution in [-0.4, -0.2) is 68.1 Å². The van der Waals surface area contributed by atoms with E-state index in [2.05, 4.69) is 0 Å². The largest absolute Gasteiger partial charge is 0.383 e. The minimum absolute atomic E-state index is 0.166. The van der Waals surface area contributed by atoms with Crippen LogP contribution in [0.3, 0.4) is 0 Å². The Kier molecular flexibility index (Phi) is 5.89. The van der Waals surface area contributed by atoms with Crippen molar-refractivity contribution < 1.29 is 18.3 Å². The fourth-order valence-corrected chi connectivity index (χ4v) is 3.27. The molecular weight excluding hydrogens is 266 g/mol. The van der Waals surface area contributed by atoms with E-state index in [9.17, 15) is 8.78 Å². The van der Waals surface area contributed by atoms with Crippen molar-refractivity contribution in [1.29, 1.82) is 0 Å². The molecule has 1 rings (SSSR count). The smallest absolute Gasteiger partial charge is 0.370 e. The third-order valence-electron chi connectivity index (χ3n) is 4.12. The van der Waals surface area contributed by atoms with E-state index in [1.54, 1.807) is 7.11 Å². The molecule has 1 aliphatic rings. The molecule has 0 N–H and O–H groups in total. The predicted octanol–water partition coefficient (Wildman–Crippen LogP) is 2.25. The summed E-state index contributed by atoms with van der Waals surface area (Å²) in [6.45, 7) is 8.85. The van der Waals surface area contributed by atoms with Gasteiger partial charge >= 0.3 is 6.17 Å². The number of methoxy groups -OCH3 is 2. The summed E-state index contributed by atoms with van der Waals surface area (Å²) in [6, 6.07) is 0. The first kappa shape index (κ1) is 17.8. The number of ether oxygens (including phenoxy) is 2. The first-order chi connectivity index (χ1) is 9.19. The Hall–Kier alpha value is -0.300. The molecule has 0 aliphatic carbocycles. The number of hydrogen-bond acceptors (Lipinski definition) is 4. The van der Waals surface area contributed by atoms with Crippen LogP contribution in [-0.2, 0) is 9.47 Å². The summed E-state index contributed by atoms with van der Waals surface area (Å²) in [4.78, 5) is 2.43. The molecule has 1 saturated heterocycles. The van der Waals surface area contributed by atoms with Crippen LogP contribution in [0.2, 0.25) is 0 Å². The highest BCUT2D eigenvalue weighted by atomic mass is 19.3. The molecule has 1 unspecified atom stereocenters. The number of halogens is 2. The monoisotopic (exact) mass is 294 g/mol. The van der Waals surface area contributed by atoms with Gasteiger partial charge < -0.3 is 9.47 Å². The van der Waals surface area contributed by atoms with E-state index in [1.165, 1.54) is 16.9 Å². The molecule has 0 amide bonds. The van der Waals surface area contributed by atoms with Gasteiger partial charge in [-0.3, -0.25) is 0 Å². The minimum Gasteiger partial charge on any atom is -0.383 e. The Morgan fingerprint density at radius 2 is 1.80 bits per heavy atom. The summed E-state index contributed by atoms with van der Waals surface area (Å²) in [5.74, 6) is 0.166. The summed E-state index contributed by atoms with van der Waals surface area (Å²) in [5.41, 5.74) is -0.742. The van der Waals surface area contributed by atoms with Crippen molar-refractivity contribution in [3.05, 3.63) is 0 Å². The molecule has 6 heteroatoms. The maximum absolute atomic E-state index is 14.6. The number of nitrogens with zero attached hydrogens (tertiary/aromatic N) is 2. The third kappa shape index (κ3) is 3.30. The average molecular weight is 294 g/mol. The Balaban J connectivity index is 2.90. The van der Waals surface area contributed by atoms with Crippen LogP contribution in [0.1, 0.15) is 27.7 Å². The molecule has 1 aliphatic heterocycles. The Morgan fingerprint density at radius 3 is 2.25 bits per heavy atom. The molecule has 0 spiro atoms. The number of alkyl halides is 2. The van der Waals surface area contributed by atoms with Gasteiger partial charge in [0, 0.05) is 39.4 Å². The molecule has 1 fully saturated rings. The van der Waals surface area contributed by atoms with E-state index in [0.717, 1.165) is 0 Å². The van der Waals surface area contributed by atoms with Crippen molar-refractivity contribution in [2.75, 3.05) is 40.5 Å². The SMILES string of the molecule is COCCN1CCN(C(C)(C)C(OC)C(C)C)C1(F)F. The van der Waals surface area contributed by atoms with Crippen LogP contribution in [0.15, 0.2) is 0 Å². The van der Waals surface area contributed by atoms with E-state index >= 15 is 0 Å². The van der Waals surface area contributed by atoms with Gasteiger partial charge in [0.1, 0.15) is 0 Å². The lowest BCUT2D eigenvalue weighted by Crippen LogP contribution is -2.61. The lowest BCUT2D eigenvalue weighted by Gasteiger charge is -2.45. The third-order valence-corrected chi connectivity index (χ3v) is 4.12. The fraction of sp³-hybridized carbons (Fsp3) is 1.00. The van der Waals surface area contributed by atoms with Crippen molar-refractivity contribution in [1.82, 2.24) is 9.80 Å². The highest BCUT2D eigenvalue weighted by molar-refractivity contribution is 4.97. The van der Waals surface area contributed by atoms with Crippen molar-refractivity contribution in [3.8, 4) is 0 Å². The lowest BCUT2D eigenvalue weighted by atomic mass is 9.87. The lowest BCUT2D eigenvalue weighted by molar-refractivity contribution is -0.253. The van der Waals surface area contributed by atoms with Gasteiger partial charge in [-0.1, -0.05) is 13.8 Å². The molecule has 0 aromatic rings. The zero-order valence-electron chi connectivity index (χ0n) is 13.4. The first-order valence-corrected chi connectivity index (χ1v) is 7.12. The second-order valence-electron chi connectivity index (χ2n) is 6.19. The van der Waals surface area contributed by atoms with Crippen LogP contribution >= 0.6 is 0 Å². The van der Waals surface area contributed by atoms with Gasteiger partial charge in [-0.25, -0.2) is 9.80 Å². The van der Waals surface area contributed by atoms with Crippen molar-refractivity contribution >= 4 is 0 Å². The van der Waals surface area contributed by atoms with Crippen molar-refractivity contribution in [2.24, 2.45) is 5.92 Å². The summed E-state index contributed by atoms with van der Waals surface area (Å²) >= 11 is 0. The summed E-state index contributed by atoms with van der Waals surface area (Å²) in [6.07, 6.45) is -3.22. The quantitative estimate of drug-likeness (QED) is 0.672. The molecule has 0 saturated carbocycles. The zero-order chi connectivity index (χ0) is 15.6. The average Bonchev–Trinajstić information content (AvgIpc) is 2.62. The van der Waals surface area contributed by atoms with Crippen LogP contribution < -0.4 is 0 Å². The van der Waals surface area contributed by atoms with Gasteiger partial charge in [0.25, 0.3) is 0 Å². The van der Waals surface area contributed by atoms with E-state index in [4.69, 9.17) is 9.47 Å². The second kappa shape index (κ2) is 6.64. The molecule has 0 aromatic heterocycles. The summed E-state index contributed by atoms with van der Waals surface area (Å²) < 4.78 is 39.6. The Morgan fingerprint density at radius 1 is 1.20 bits per heavy atom. The van der Waals surface area contributed by atoms with Gasteiger partial charge in [0.05, 0.1) is 12.7 Å². The molecule has 0 radical (unpaired) electrons. The van der Waals surface area contributed by atoms with E-state index in [1.807, 2.05) is 27.7 Å². The Labute approximate surface area is 121 Å². The second-order valence-corrected chi connectivity index (χ2v) is 6.19. The first-order valence-electron chi connectivity index (χ1n) is 7.12. The van der Waals surface area contributed by atoms with Crippen molar-refractivity contribution in [3.63, 3.8) is 0 Å². The van der Waals surface area contributed by atoms with E-state index in [-0.39, 0.29) is 18.6 Å². The molecule has 0 bridgehead atoms. The minimum atomic E-state index is -2.96. The van der Waals surface area contributed by atoms with Crippen LogP contribution in [0.25, 0.3) is 0 Å². The van der Waals surface area contributed by atoms with Gasteiger partial charge in [-0.05, 0) is 19.8 Å². The van der Waals surface area contributed by atoms with Gasteiger partial charge in [-0.2, -0.15) is 8.78 Å². The highest BCUT2D eigenvalue weighted by Gasteiger charge is 2.56. The normalized spacial score (nSPS) is 22.6. The number of rotatable bonds is 7. The molecule has 1 atom stereocenters. The standard InChI is InChI=1S/C14H28F2N2O2/c1-11(2)12(20-6)13(3,4)18-8-7-17(9-10-19-5)14(18,15)16/h11-12H,7-10H2,1-6H3. The topological polar surface area (TPSA) is 24.9 Å². The van der Waals surface area contributed by atoms with Crippen LogP contribution in [0, 0.1) is 5.92 Å². The summed E-state index contributed by atoms with van der Waals surface area (Å²) in [5, 5.41) is 0. The predicted molar refractivity (Wildman–Crippen MR) is 74.8 cm³/mol. The molecule has 0 aromatic carbocycles. The molecule has 4 nitrogen and oxygen atoms in total. The maximum atomic E-state index is 14.6. The van der Waals surface area contributed by atoms with E-state index < -0.39 is 11.7 Å². The molecule has 120 valence electrons.